The number of allylic oxidation sites excluding steroid dienone is 3. The number of pyridine rings is 1. The number of nitrogens with zero attached hydrogens (tertiary/aromatic N) is 3. The number of amides is 2. The molecule has 0 radical (unpaired) electrons. The van der Waals surface area contributed by atoms with E-state index in [2.05, 4.69) is 11.6 Å². The maximum Gasteiger partial charge on any atom is 0.257 e. The molecule has 0 unspecified atom stereocenters. The molecule has 4 heterocycles. The number of aromatic nitrogens is 1. The number of fused-ring (bicyclic) bond motifs is 1. The number of rotatable bonds is 4. The lowest BCUT2D eigenvalue weighted by molar-refractivity contribution is -0.142. The fraction of sp³-hybridized carbons (Fsp3) is 0.458. The summed E-state index contributed by atoms with van der Waals surface area (Å²) in [6.07, 6.45) is 6.83. The van der Waals surface area contributed by atoms with Gasteiger partial charge in [0.05, 0.1) is 17.4 Å². The lowest BCUT2D eigenvalue weighted by Gasteiger charge is -2.37. The molecule has 3 fully saturated rings. The van der Waals surface area contributed by atoms with Crippen LogP contribution in [0.2, 0.25) is 0 Å². The average Bonchev–Trinajstić information content (AvgIpc) is 3.26. The van der Waals surface area contributed by atoms with Gasteiger partial charge in [-0.05, 0) is 50.0 Å². The van der Waals surface area contributed by atoms with Crippen LogP contribution in [0.25, 0.3) is 0 Å². The topological polar surface area (TPSA) is 62.7 Å². The Balaban J connectivity index is 1.45. The Morgan fingerprint density at radius 3 is 2.66 bits per heavy atom. The monoisotopic (exact) mass is 443 g/mol. The van der Waals surface area contributed by atoms with Crippen molar-refractivity contribution in [2.24, 2.45) is 0 Å². The van der Waals surface area contributed by atoms with Crippen molar-refractivity contribution in [3.63, 3.8) is 0 Å². The first-order valence-electron chi connectivity index (χ1n) is 10.8. The first-order chi connectivity index (χ1) is 15.2. The predicted octanol–water partition coefficient (Wildman–Crippen LogP) is 4.00. The van der Waals surface area contributed by atoms with Crippen molar-refractivity contribution in [3.05, 3.63) is 65.5 Å². The molecule has 3 saturated heterocycles. The van der Waals surface area contributed by atoms with Crippen LogP contribution in [0.15, 0.2) is 54.4 Å². The minimum absolute atomic E-state index is 0.0977. The van der Waals surface area contributed by atoms with Crippen LogP contribution >= 0.6 is 0 Å². The summed E-state index contributed by atoms with van der Waals surface area (Å²) in [6, 6.07) is 1.41. The van der Waals surface area contributed by atoms with Gasteiger partial charge in [0.2, 0.25) is 0 Å². The van der Waals surface area contributed by atoms with Gasteiger partial charge >= 0.3 is 0 Å². The smallest absolute Gasteiger partial charge is 0.257 e. The van der Waals surface area contributed by atoms with Gasteiger partial charge in [-0.1, -0.05) is 6.58 Å². The summed E-state index contributed by atoms with van der Waals surface area (Å²) < 4.78 is 33.1. The molecule has 8 heteroatoms. The number of likely N-dealkylation sites (tertiary alicyclic amines) is 1. The molecule has 0 bridgehead atoms. The van der Waals surface area contributed by atoms with E-state index in [1.54, 1.807) is 28.3 Å². The molecule has 1 spiro atoms. The summed E-state index contributed by atoms with van der Waals surface area (Å²) in [6.45, 7) is 7.75. The molecular formula is C24H27F2N3O3. The van der Waals surface area contributed by atoms with E-state index in [0.717, 1.165) is 18.6 Å². The highest BCUT2D eigenvalue weighted by Gasteiger charge is 2.58. The van der Waals surface area contributed by atoms with Crippen molar-refractivity contribution in [2.45, 2.75) is 57.4 Å². The molecule has 170 valence electrons. The quantitative estimate of drug-likeness (QED) is 0.660. The van der Waals surface area contributed by atoms with Crippen molar-refractivity contribution >= 4 is 11.8 Å². The normalized spacial score (nSPS) is 25.4. The van der Waals surface area contributed by atoms with Crippen LogP contribution in [0.3, 0.4) is 0 Å². The summed E-state index contributed by atoms with van der Waals surface area (Å²) in [5.74, 6) is -1.61. The third kappa shape index (κ3) is 3.99. The van der Waals surface area contributed by atoms with Gasteiger partial charge in [0.1, 0.15) is 12.1 Å². The highest BCUT2D eigenvalue weighted by atomic mass is 19.1. The van der Waals surface area contributed by atoms with Gasteiger partial charge in [0.15, 0.2) is 5.60 Å². The molecule has 32 heavy (non-hydrogen) atoms. The molecule has 0 aliphatic carbocycles. The largest absolute Gasteiger partial charge is 0.342 e. The molecule has 1 aromatic rings. The van der Waals surface area contributed by atoms with E-state index in [1.165, 1.54) is 6.08 Å². The van der Waals surface area contributed by atoms with E-state index in [9.17, 15) is 18.4 Å². The van der Waals surface area contributed by atoms with Crippen LogP contribution in [0, 0.1) is 6.92 Å². The lowest BCUT2D eigenvalue weighted by Crippen LogP contribution is -2.52. The number of hydrogen-bond acceptors (Lipinski definition) is 4. The van der Waals surface area contributed by atoms with Crippen molar-refractivity contribution in [1.29, 1.82) is 0 Å². The second-order valence-electron chi connectivity index (χ2n) is 8.69. The van der Waals surface area contributed by atoms with Gasteiger partial charge in [0.25, 0.3) is 11.8 Å². The zero-order chi connectivity index (χ0) is 23.0. The molecule has 0 aromatic carbocycles. The molecule has 3 aliphatic rings. The van der Waals surface area contributed by atoms with Gasteiger partial charge in [-0.3, -0.25) is 14.6 Å². The summed E-state index contributed by atoms with van der Waals surface area (Å²) in [5, 5.41) is 0. The Hall–Kier alpha value is -2.87. The number of hydrogen-bond donors (Lipinski definition) is 0. The Labute approximate surface area is 186 Å². The molecule has 2 amide bonds. The highest BCUT2D eigenvalue weighted by molar-refractivity contribution is 5.96. The minimum atomic E-state index is -0.970. The van der Waals surface area contributed by atoms with Gasteiger partial charge in [0, 0.05) is 44.4 Å². The summed E-state index contributed by atoms with van der Waals surface area (Å²) in [7, 11) is 0. The molecule has 6 nitrogen and oxygen atoms in total. The van der Waals surface area contributed by atoms with E-state index in [4.69, 9.17) is 4.74 Å². The zero-order valence-corrected chi connectivity index (χ0v) is 18.3. The van der Waals surface area contributed by atoms with Gasteiger partial charge in [-0.15, -0.1) is 0 Å². The molecule has 0 N–H and O–H groups in total. The average molecular weight is 443 g/mol. The van der Waals surface area contributed by atoms with Crippen LogP contribution in [-0.2, 0) is 9.53 Å². The maximum atomic E-state index is 13.9. The van der Waals surface area contributed by atoms with Crippen molar-refractivity contribution in [1.82, 2.24) is 14.8 Å². The number of halogens is 2. The summed E-state index contributed by atoms with van der Waals surface area (Å²) in [5.41, 5.74) is 0.863. The molecule has 1 aromatic heterocycles. The fourth-order valence-corrected chi connectivity index (χ4v) is 4.84. The fourth-order valence-electron chi connectivity index (χ4n) is 4.84. The maximum absolute atomic E-state index is 13.9. The first-order valence-corrected chi connectivity index (χ1v) is 10.8. The number of ether oxygens (including phenoxy) is 1. The SMILES string of the molecule is C=C(/C=C(F)\C=C(/C)F)[C@@H]1CC[C@H]2OC3(CCN(C(=O)c4cnccc4C)CC3)C(=O)N21. The second kappa shape index (κ2) is 8.58. The van der Waals surface area contributed by atoms with Crippen LogP contribution in [0.5, 0.6) is 0 Å². The summed E-state index contributed by atoms with van der Waals surface area (Å²) >= 11 is 0. The Bertz CT molecular complexity index is 1010. The number of carbonyl (C=O) groups is 2. The summed E-state index contributed by atoms with van der Waals surface area (Å²) in [4.78, 5) is 33.7. The number of piperidine rings is 1. The third-order valence-corrected chi connectivity index (χ3v) is 6.53. The van der Waals surface area contributed by atoms with E-state index >= 15 is 0 Å². The van der Waals surface area contributed by atoms with Crippen molar-refractivity contribution in [3.8, 4) is 0 Å². The van der Waals surface area contributed by atoms with Crippen LogP contribution in [0.1, 0.15) is 48.5 Å². The number of aryl methyl sites for hydroxylation is 1. The zero-order valence-electron chi connectivity index (χ0n) is 18.3. The van der Waals surface area contributed by atoms with Gasteiger partial charge in [-0.2, -0.15) is 0 Å². The Morgan fingerprint density at radius 2 is 2.00 bits per heavy atom. The third-order valence-electron chi connectivity index (χ3n) is 6.53. The minimum Gasteiger partial charge on any atom is -0.342 e. The Morgan fingerprint density at radius 1 is 1.28 bits per heavy atom. The lowest BCUT2D eigenvalue weighted by atomic mass is 9.89. The van der Waals surface area contributed by atoms with Crippen molar-refractivity contribution < 1.29 is 23.1 Å². The standard InChI is InChI=1S/C24H27F2N3O3/c1-15-6-9-27-14-19(15)22(30)28-10-7-24(8-11-28)23(31)29-20(4-5-21(29)32-24)16(2)12-18(26)13-17(3)25/h6,9,12-14,20-21H,2,4-5,7-8,10-11H2,1,3H3/b17-13+,18-12+/t20-,21+/m0/s1. The highest BCUT2D eigenvalue weighted by Crippen LogP contribution is 2.44. The molecule has 4 rings (SSSR count). The van der Waals surface area contributed by atoms with E-state index in [0.29, 0.717) is 49.9 Å². The number of carbonyl (C=O) groups excluding carboxylic acids is 2. The molecule has 2 atom stereocenters. The van der Waals surface area contributed by atoms with Gasteiger partial charge < -0.3 is 14.5 Å². The van der Waals surface area contributed by atoms with Crippen LogP contribution in [-0.4, -0.2) is 57.6 Å². The molecule has 0 saturated carbocycles. The van der Waals surface area contributed by atoms with E-state index in [1.807, 2.05) is 6.92 Å². The van der Waals surface area contributed by atoms with E-state index in [-0.39, 0.29) is 24.1 Å². The van der Waals surface area contributed by atoms with Crippen LogP contribution in [0.4, 0.5) is 8.78 Å². The van der Waals surface area contributed by atoms with Gasteiger partial charge in [-0.25, -0.2) is 8.78 Å². The second-order valence-corrected chi connectivity index (χ2v) is 8.69. The van der Waals surface area contributed by atoms with E-state index < -0.39 is 17.3 Å². The molecule has 3 aliphatic heterocycles. The Kier molecular flexibility index (Phi) is 5.99. The first kappa shape index (κ1) is 22.3. The predicted molar refractivity (Wildman–Crippen MR) is 115 cm³/mol. The van der Waals surface area contributed by atoms with Crippen LogP contribution < -0.4 is 0 Å². The van der Waals surface area contributed by atoms with Crippen molar-refractivity contribution in [2.75, 3.05) is 13.1 Å². The molecular weight excluding hydrogens is 416 g/mol.